The first-order chi connectivity index (χ1) is 11.5. The van der Waals surface area contributed by atoms with Gasteiger partial charge in [-0.3, -0.25) is 4.79 Å². The van der Waals surface area contributed by atoms with Crippen molar-refractivity contribution in [3.8, 4) is 6.07 Å². The minimum Gasteiger partial charge on any atom is -0.348 e. The fraction of sp³-hybridized carbons (Fsp3) is 0.500. The molecule has 1 saturated heterocycles. The van der Waals surface area contributed by atoms with E-state index in [9.17, 15) is 10.1 Å². The monoisotopic (exact) mass is 327 g/mol. The number of hydrogen-bond acceptors (Lipinski definition) is 4. The highest BCUT2D eigenvalue weighted by molar-refractivity contribution is 5.84. The van der Waals surface area contributed by atoms with E-state index in [2.05, 4.69) is 6.07 Å². The number of Topliss-reactive ketones (excluding diaryl/α,β-unsaturated/α-hetero) is 1. The molecule has 0 saturated carbocycles. The molecule has 4 heteroatoms. The second-order valence-corrected chi connectivity index (χ2v) is 6.57. The number of nitrogens with zero attached hydrogens (tertiary/aromatic N) is 1. The van der Waals surface area contributed by atoms with E-state index in [4.69, 9.17) is 9.47 Å². The molecule has 1 aromatic rings. The molecule has 0 spiro atoms. The molecule has 0 radical (unpaired) electrons. The number of ether oxygens (including phenoxy) is 2. The molecule has 1 heterocycles. The van der Waals surface area contributed by atoms with Crippen LogP contribution in [0.25, 0.3) is 0 Å². The van der Waals surface area contributed by atoms with Crippen molar-refractivity contribution >= 4 is 5.78 Å². The molecule has 128 valence electrons. The summed E-state index contributed by atoms with van der Waals surface area (Å²) in [6.45, 7) is 6.34. The fourth-order valence-electron chi connectivity index (χ4n) is 2.92. The van der Waals surface area contributed by atoms with E-state index in [1.807, 2.05) is 51.1 Å². The number of allylic oxidation sites excluding steroid dienone is 2. The van der Waals surface area contributed by atoms with Crippen LogP contribution >= 0.6 is 0 Å². The van der Waals surface area contributed by atoms with Crippen molar-refractivity contribution < 1.29 is 14.3 Å². The Kier molecular flexibility index (Phi) is 6.30. The first kappa shape index (κ1) is 18.4. The van der Waals surface area contributed by atoms with Crippen molar-refractivity contribution in [3.63, 3.8) is 0 Å². The van der Waals surface area contributed by atoms with Crippen molar-refractivity contribution in [3.05, 3.63) is 47.5 Å². The Labute approximate surface area is 144 Å². The van der Waals surface area contributed by atoms with Crippen molar-refractivity contribution in [2.75, 3.05) is 6.61 Å². The quantitative estimate of drug-likeness (QED) is 0.730. The van der Waals surface area contributed by atoms with Crippen molar-refractivity contribution in [2.24, 2.45) is 5.41 Å². The highest BCUT2D eigenvalue weighted by Crippen LogP contribution is 2.37. The highest BCUT2D eigenvalue weighted by atomic mass is 16.7. The number of nitriles is 1. The highest BCUT2D eigenvalue weighted by Gasteiger charge is 2.40. The second kappa shape index (κ2) is 8.23. The molecule has 24 heavy (non-hydrogen) atoms. The third kappa shape index (κ3) is 4.11. The molecule has 0 N–H and O–H groups in total. The van der Waals surface area contributed by atoms with Crippen molar-refractivity contribution in [2.45, 2.75) is 52.4 Å². The van der Waals surface area contributed by atoms with Gasteiger partial charge in [0.15, 0.2) is 6.29 Å². The van der Waals surface area contributed by atoms with Gasteiger partial charge >= 0.3 is 0 Å². The van der Waals surface area contributed by atoms with Crippen LogP contribution in [0.3, 0.4) is 0 Å². The Morgan fingerprint density at radius 1 is 1.42 bits per heavy atom. The van der Waals surface area contributed by atoms with Gasteiger partial charge in [-0.25, -0.2) is 0 Å². The van der Waals surface area contributed by atoms with Gasteiger partial charge in [0.05, 0.1) is 24.3 Å². The molecule has 2 rings (SSSR count). The lowest BCUT2D eigenvalue weighted by atomic mass is 9.78. The van der Waals surface area contributed by atoms with Gasteiger partial charge in [0.25, 0.3) is 0 Å². The van der Waals surface area contributed by atoms with Gasteiger partial charge in [-0.2, -0.15) is 5.26 Å². The molecule has 0 aromatic heterocycles. The molecule has 1 aliphatic heterocycles. The zero-order valence-corrected chi connectivity index (χ0v) is 14.6. The van der Waals surface area contributed by atoms with Gasteiger partial charge in [0, 0.05) is 17.4 Å². The smallest absolute Gasteiger partial charge is 0.185 e. The van der Waals surface area contributed by atoms with Crippen LogP contribution < -0.4 is 0 Å². The van der Waals surface area contributed by atoms with Crippen LogP contribution in [0.4, 0.5) is 0 Å². The summed E-state index contributed by atoms with van der Waals surface area (Å²) in [5.41, 5.74) is 0.688. The lowest BCUT2D eigenvalue weighted by molar-refractivity contribution is -0.238. The minimum absolute atomic E-state index is 0.194. The summed E-state index contributed by atoms with van der Waals surface area (Å²) in [5, 5.41) is 9.26. The molecule has 0 bridgehead atoms. The minimum atomic E-state index is -0.595. The van der Waals surface area contributed by atoms with E-state index < -0.39 is 11.7 Å². The normalized spacial score (nSPS) is 21.6. The predicted octanol–water partition coefficient (Wildman–Crippen LogP) is 4.31. The van der Waals surface area contributed by atoms with Crippen molar-refractivity contribution in [1.29, 1.82) is 5.26 Å². The van der Waals surface area contributed by atoms with Crippen LogP contribution in [-0.2, 0) is 14.3 Å². The zero-order valence-electron chi connectivity index (χ0n) is 14.6. The van der Waals surface area contributed by atoms with Crippen LogP contribution in [0.1, 0.15) is 57.5 Å². The third-order valence-electron chi connectivity index (χ3n) is 4.57. The molecule has 0 amide bonds. The van der Waals surface area contributed by atoms with Gasteiger partial charge < -0.3 is 9.47 Å². The summed E-state index contributed by atoms with van der Waals surface area (Å²) in [5.74, 6) is 0.194. The number of rotatable bonds is 6. The summed E-state index contributed by atoms with van der Waals surface area (Å²) in [4.78, 5) is 12.6. The Balaban J connectivity index is 2.12. The molecule has 0 unspecified atom stereocenters. The van der Waals surface area contributed by atoms with Crippen LogP contribution in [0.15, 0.2) is 36.4 Å². The standard InChI is InChI=1S/C20H25NO3/c1-4-5-6-11-17(22)20(2,3)18-12-13-23-19(24-18)16-10-8-7-9-15(16)14-21/h4-5,7-10,18-19H,6,11-13H2,1-3H3/t18-,19-/m0/s1. The predicted molar refractivity (Wildman–Crippen MR) is 92.2 cm³/mol. The number of benzene rings is 1. The fourth-order valence-corrected chi connectivity index (χ4v) is 2.92. The molecular formula is C20H25NO3. The lowest BCUT2D eigenvalue weighted by Crippen LogP contribution is -2.43. The average Bonchev–Trinajstić information content (AvgIpc) is 2.61. The Bertz CT molecular complexity index is 643. The molecule has 4 nitrogen and oxygen atoms in total. The van der Waals surface area contributed by atoms with Crippen LogP contribution in [0.5, 0.6) is 0 Å². The largest absolute Gasteiger partial charge is 0.348 e. The van der Waals surface area contributed by atoms with Crippen LogP contribution in [0, 0.1) is 16.7 Å². The first-order valence-corrected chi connectivity index (χ1v) is 8.41. The average molecular weight is 327 g/mol. The van der Waals surface area contributed by atoms with E-state index in [-0.39, 0.29) is 11.9 Å². The maximum atomic E-state index is 12.6. The summed E-state index contributed by atoms with van der Waals surface area (Å²) in [6.07, 6.45) is 5.09. The van der Waals surface area contributed by atoms with E-state index in [1.54, 1.807) is 6.07 Å². The summed E-state index contributed by atoms with van der Waals surface area (Å²) in [6, 6.07) is 9.44. The van der Waals surface area contributed by atoms with Gasteiger partial charge in [-0.05, 0) is 25.8 Å². The lowest BCUT2D eigenvalue weighted by Gasteiger charge is -2.39. The maximum absolute atomic E-state index is 12.6. The summed E-state index contributed by atoms with van der Waals surface area (Å²) >= 11 is 0. The summed E-state index contributed by atoms with van der Waals surface area (Å²) in [7, 11) is 0. The topological polar surface area (TPSA) is 59.3 Å². The van der Waals surface area contributed by atoms with Crippen LogP contribution in [-0.4, -0.2) is 18.5 Å². The molecule has 1 aromatic carbocycles. The number of ketones is 1. The number of carbonyl (C=O) groups excluding carboxylic acids is 1. The molecular weight excluding hydrogens is 302 g/mol. The SMILES string of the molecule is CC=CCCC(=O)C(C)(C)[C@@H]1CCO[C@H](c2ccccc2C#N)O1. The molecule has 0 aliphatic carbocycles. The zero-order chi connectivity index (χ0) is 17.6. The first-order valence-electron chi connectivity index (χ1n) is 8.41. The van der Waals surface area contributed by atoms with Crippen LogP contribution in [0.2, 0.25) is 0 Å². The Morgan fingerprint density at radius 2 is 2.17 bits per heavy atom. The second-order valence-electron chi connectivity index (χ2n) is 6.57. The van der Waals surface area contributed by atoms with Gasteiger partial charge in [0.2, 0.25) is 0 Å². The van der Waals surface area contributed by atoms with Gasteiger partial charge in [-0.15, -0.1) is 0 Å². The Hall–Kier alpha value is -1.96. The molecule has 2 atom stereocenters. The number of carbonyl (C=O) groups is 1. The van der Waals surface area contributed by atoms with Gasteiger partial charge in [-0.1, -0.05) is 44.2 Å². The van der Waals surface area contributed by atoms with Gasteiger partial charge in [0.1, 0.15) is 5.78 Å². The summed E-state index contributed by atoms with van der Waals surface area (Å²) < 4.78 is 11.8. The third-order valence-corrected chi connectivity index (χ3v) is 4.57. The van der Waals surface area contributed by atoms with E-state index in [0.717, 1.165) is 12.0 Å². The maximum Gasteiger partial charge on any atom is 0.185 e. The van der Waals surface area contributed by atoms with E-state index in [1.165, 1.54) is 0 Å². The Morgan fingerprint density at radius 3 is 2.88 bits per heavy atom. The van der Waals surface area contributed by atoms with Crippen molar-refractivity contribution in [1.82, 2.24) is 0 Å². The van der Waals surface area contributed by atoms with E-state index in [0.29, 0.717) is 25.0 Å². The number of hydrogen-bond donors (Lipinski definition) is 0. The molecule has 1 aliphatic rings. The molecule has 1 fully saturated rings. The van der Waals surface area contributed by atoms with E-state index >= 15 is 0 Å².